The Hall–Kier alpha value is 0.270. The van der Waals surface area contributed by atoms with Crippen molar-refractivity contribution in [1.29, 1.82) is 0 Å². The molecule has 3 heteroatoms. The van der Waals surface area contributed by atoms with E-state index < -0.39 is 0 Å². The molecule has 0 heterocycles. The van der Waals surface area contributed by atoms with Crippen LogP contribution in [0.4, 0.5) is 0 Å². The van der Waals surface area contributed by atoms with Gasteiger partial charge in [0.05, 0.1) is 0 Å². The van der Waals surface area contributed by atoms with E-state index >= 15 is 0 Å². The van der Waals surface area contributed by atoms with Crippen LogP contribution in [-0.2, 0) is 6.42 Å². The molecule has 0 aliphatic carbocycles. The molecule has 0 aromatic heterocycles. The van der Waals surface area contributed by atoms with Crippen LogP contribution in [0.3, 0.4) is 0 Å². The molecular formula is C52H97S3. The van der Waals surface area contributed by atoms with Gasteiger partial charge < -0.3 is 0 Å². The average molecular weight is 819 g/mol. The van der Waals surface area contributed by atoms with Crippen LogP contribution in [0, 0.1) is 6.92 Å². The summed E-state index contributed by atoms with van der Waals surface area (Å²) in [7, 11) is 0. The monoisotopic (exact) mass is 818 g/mol. The highest BCUT2D eigenvalue weighted by molar-refractivity contribution is 8.03. The lowest BCUT2D eigenvalue weighted by atomic mass is 10.1. The first-order valence-electron chi connectivity index (χ1n) is 25.1. The molecule has 0 aliphatic heterocycles. The van der Waals surface area contributed by atoms with E-state index in [9.17, 15) is 0 Å². The third kappa shape index (κ3) is 34.8. The summed E-state index contributed by atoms with van der Waals surface area (Å²) < 4.78 is 0. The smallest absolute Gasteiger partial charge is 0.0344 e. The third-order valence-electron chi connectivity index (χ3n) is 11.6. The Morgan fingerprint density at radius 1 is 0.327 bits per heavy atom. The van der Waals surface area contributed by atoms with E-state index in [2.05, 4.69) is 75.1 Å². The maximum absolute atomic E-state index is 4.18. The van der Waals surface area contributed by atoms with E-state index in [1.165, 1.54) is 261 Å². The van der Waals surface area contributed by atoms with Crippen molar-refractivity contribution in [2.45, 2.75) is 286 Å². The van der Waals surface area contributed by atoms with Crippen molar-refractivity contribution in [1.82, 2.24) is 0 Å². The summed E-state index contributed by atoms with van der Waals surface area (Å²) in [6.45, 7) is 11.1. The minimum Gasteiger partial charge on any atom is -0.125 e. The normalized spacial score (nSPS) is 11.6. The summed E-state index contributed by atoms with van der Waals surface area (Å²) in [5.74, 6) is 3.85. The van der Waals surface area contributed by atoms with Gasteiger partial charge in [0, 0.05) is 14.7 Å². The van der Waals surface area contributed by atoms with Crippen molar-refractivity contribution in [3.8, 4) is 0 Å². The van der Waals surface area contributed by atoms with Gasteiger partial charge in [-0.25, -0.2) is 0 Å². The van der Waals surface area contributed by atoms with E-state index in [0.717, 1.165) is 6.42 Å². The average Bonchev–Trinajstić information content (AvgIpc) is 3.19. The van der Waals surface area contributed by atoms with Crippen LogP contribution in [-0.4, -0.2) is 17.3 Å². The summed E-state index contributed by atoms with van der Waals surface area (Å²) >= 11 is 6.58. The zero-order valence-electron chi connectivity index (χ0n) is 37.8. The molecule has 0 nitrogen and oxygen atoms in total. The molecule has 0 saturated heterocycles. The van der Waals surface area contributed by atoms with Crippen LogP contribution in [0.2, 0.25) is 0 Å². The molecule has 0 bridgehead atoms. The fraction of sp³-hybridized carbons (Fsp3) is 0.865. The number of unbranched alkanes of at least 4 members (excludes halogenated alkanes) is 34. The fourth-order valence-electron chi connectivity index (χ4n) is 7.83. The predicted octanol–water partition coefficient (Wildman–Crippen LogP) is 20.2. The van der Waals surface area contributed by atoms with Gasteiger partial charge in [-0.15, -0.1) is 35.3 Å². The molecule has 0 aliphatic rings. The molecule has 0 saturated carbocycles. The number of benzene rings is 1. The van der Waals surface area contributed by atoms with Crippen molar-refractivity contribution >= 4 is 35.3 Å². The van der Waals surface area contributed by atoms with Gasteiger partial charge >= 0.3 is 0 Å². The second kappa shape index (κ2) is 43.8. The molecule has 1 radical (unpaired) electrons. The Kier molecular flexibility index (Phi) is 42.5. The topological polar surface area (TPSA) is 0 Å². The Balaban J connectivity index is 2.59. The molecule has 55 heavy (non-hydrogen) atoms. The Morgan fingerprint density at radius 3 is 0.855 bits per heavy atom. The highest BCUT2D eigenvalue weighted by Crippen LogP contribution is 2.41. The third-order valence-corrected chi connectivity index (χ3v) is 15.3. The molecule has 323 valence electrons. The van der Waals surface area contributed by atoms with Crippen LogP contribution in [0.5, 0.6) is 0 Å². The van der Waals surface area contributed by atoms with Crippen LogP contribution in [0.25, 0.3) is 0 Å². The number of thioether (sulfide) groups is 3. The lowest BCUT2D eigenvalue weighted by Crippen LogP contribution is -1.95. The van der Waals surface area contributed by atoms with Gasteiger partial charge in [0.2, 0.25) is 0 Å². The van der Waals surface area contributed by atoms with E-state index in [-0.39, 0.29) is 0 Å². The lowest BCUT2D eigenvalue weighted by Gasteiger charge is -2.17. The summed E-state index contributed by atoms with van der Waals surface area (Å²) in [6, 6.07) is 5.19. The van der Waals surface area contributed by atoms with Crippen molar-refractivity contribution in [2.75, 3.05) is 17.3 Å². The first-order valence-corrected chi connectivity index (χ1v) is 28.1. The van der Waals surface area contributed by atoms with Gasteiger partial charge in [0.1, 0.15) is 0 Å². The minimum atomic E-state index is 1.04. The quantitative estimate of drug-likeness (QED) is 0.0475. The summed E-state index contributed by atoms with van der Waals surface area (Å²) in [5.41, 5.74) is 1.56. The first-order chi connectivity index (χ1) is 27.3. The molecular weight excluding hydrogens is 721 g/mol. The van der Waals surface area contributed by atoms with E-state index in [1.807, 2.05) is 0 Å². The Morgan fingerprint density at radius 2 is 0.582 bits per heavy atom. The van der Waals surface area contributed by atoms with Crippen molar-refractivity contribution < 1.29 is 0 Å². The van der Waals surface area contributed by atoms with Gasteiger partial charge in [-0.3, -0.25) is 0 Å². The van der Waals surface area contributed by atoms with Gasteiger partial charge in [-0.05, 0) is 67.1 Å². The molecule has 1 aromatic carbocycles. The fourth-order valence-corrected chi connectivity index (χ4v) is 11.6. The highest BCUT2D eigenvalue weighted by Gasteiger charge is 2.14. The highest BCUT2D eigenvalue weighted by atomic mass is 32.2. The number of aryl methyl sites for hydroxylation is 1. The summed E-state index contributed by atoms with van der Waals surface area (Å²) in [4.78, 5) is 4.84. The van der Waals surface area contributed by atoms with E-state index in [0.29, 0.717) is 0 Å². The van der Waals surface area contributed by atoms with E-state index in [4.69, 9.17) is 0 Å². The molecule has 0 unspecified atom stereocenters. The molecule has 1 rings (SSSR count). The first kappa shape index (κ1) is 53.3. The van der Waals surface area contributed by atoms with Gasteiger partial charge in [-0.1, -0.05) is 246 Å². The molecule has 0 amide bonds. The van der Waals surface area contributed by atoms with Gasteiger partial charge in [-0.2, -0.15) is 0 Å². The van der Waals surface area contributed by atoms with Crippen LogP contribution in [0.15, 0.2) is 26.8 Å². The SMILES string of the molecule is [CH2]CCCc1cc(SCCCCCCCCCCCCCC)c(SCCCCCCCCCCCCCC)c(SCCCCCCCCCCCCCC)c1. The maximum Gasteiger partial charge on any atom is 0.0344 e. The lowest BCUT2D eigenvalue weighted by molar-refractivity contribution is 0.548. The largest absolute Gasteiger partial charge is 0.125 e. The molecule has 0 atom stereocenters. The van der Waals surface area contributed by atoms with E-state index in [1.54, 1.807) is 20.2 Å². The van der Waals surface area contributed by atoms with Crippen molar-refractivity contribution in [2.24, 2.45) is 0 Å². The van der Waals surface area contributed by atoms with Crippen LogP contribution < -0.4 is 0 Å². The minimum absolute atomic E-state index is 1.04. The van der Waals surface area contributed by atoms with Crippen molar-refractivity contribution in [3.05, 3.63) is 24.6 Å². The van der Waals surface area contributed by atoms with Crippen LogP contribution >= 0.6 is 35.3 Å². The summed E-state index contributed by atoms with van der Waals surface area (Å²) in [5, 5.41) is 0. The number of hydrogen-bond donors (Lipinski definition) is 0. The predicted molar refractivity (Wildman–Crippen MR) is 260 cm³/mol. The van der Waals surface area contributed by atoms with Gasteiger partial charge in [0.25, 0.3) is 0 Å². The summed E-state index contributed by atoms with van der Waals surface area (Å²) in [6.07, 6.45) is 55.0. The van der Waals surface area contributed by atoms with Gasteiger partial charge in [0.15, 0.2) is 0 Å². The Labute approximate surface area is 361 Å². The molecule has 0 spiro atoms. The van der Waals surface area contributed by atoms with Crippen molar-refractivity contribution in [3.63, 3.8) is 0 Å². The second-order valence-electron chi connectivity index (χ2n) is 17.1. The molecule has 1 aromatic rings. The molecule has 0 N–H and O–H groups in total. The number of rotatable bonds is 45. The second-order valence-corrected chi connectivity index (χ2v) is 20.5. The van der Waals surface area contributed by atoms with Crippen LogP contribution in [0.1, 0.15) is 270 Å². The Bertz CT molecular complexity index is 846. The zero-order chi connectivity index (χ0) is 39.5. The number of hydrogen-bond acceptors (Lipinski definition) is 3. The maximum atomic E-state index is 4.18. The zero-order valence-corrected chi connectivity index (χ0v) is 40.2. The molecule has 0 fully saturated rings. The standard InChI is InChI=1S/C52H97S3/c1-5-9-13-16-19-22-25-28-31-34-37-40-44-53-50-47-49(43-12-8-4)48-51(54-45-41-38-35-32-29-26-23-20-17-14-10-6-2)52(50)55-46-42-39-36-33-30-27-24-21-18-15-11-7-3/h47-48H,4-46H2,1-3H3.